The molecular weight excluding hydrogens is 352 g/mol. The second kappa shape index (κ2) is 6.32. The fourth-order valence-corrected chi connectivity index (χ4v) is 2.88. The molecule has 0 bridgehead atoms. The first-order valence-corrected chi connectivity index (χ1v) is 7.99. The summed E-state index contributed by atoms with van der Waals surface area (Å²) in [5.74, 6) is 1.64. The van der Waals surface area contributed by atoms with Gasteiger partial charge in [0, 0.05) is 9.37 Å². The molecule has 0 aliphatic carbocycles. The minimum atomic E-state index is 0.107. The normalized spacial score (nSPS) is 10.7. The molecule has 0 saturated heterocycles. The molecule has 21 heavy (non-hydrogen) atoms. The third-order valence-electron chi connectivity index (χ3n) is 2.77. The first-order valence-electron chi connectivity index (χ1n) is 6.22. The Morgan fingerprint density at radius 1 is 1.14 bits per heavy atom. The lowest BCUT2D eigenvalue weighted by molar-refractivity contribution is 0.419. The molecular formula is C15H11BrN2O2S. The Morgan fingerprint density at radius 3 is 2.71 bits per heavy atom. The SMILES string of the molecule is Oc1cc(Br)ccc1-c1nc(CSc2ccccc2)no1. The van der Waals surface area contributed by atoms with E-state index in [-0.39, 0.29) is 5.75 Å². The maximum Gasteiger partial charge on any atom is 0.261 e. The van der Waals surface area contributed by atoms with Crippen molar-refractivity contribution in [3.05, 3.63) is 58.8 Å². The Kier molecular flexibility index (Phi) is 4.26. The Morgan fingerprint density at radius 2 is 1.95 bits per heavy atom. The van der Waals surface area contributed by atoms with E-state index in [0.717, 1.165) is 9.37 Å². The number of aromatic hydroxyl groups is 1. The maximum absolute atomic E-state index is 9.90. The van der Waals surface area contributed by atoms with Crippen LogP contribution < -0.4 is 0 Å². The summed E-state index contributed by atoms with van der Waals surface area (Å²) in [5, 5.41) is 13.8. The van der Waals surface area contributed by atoms with Gasteiger partial charge in [-0.2, -0.15) is 4.98 Å². The molecule has 0 saturated carbocycles. The summed E-state index contributed by atoms with van der Waals surface area (Å²) in [7, 11) is 0. The summed E-state index contributed by atoms with van der Waals surface area (Å²) in [6.07, 6.45) is 0. The van der Waals surface area contributed by atoms with E-state index < -0.39 is 0 Å². The van der Waals surface area contributed by atoms with Gasteiger partial charge in [0.15, 0.2) is 5.82 Å². The van der Waals surface area contributed by atoms with Crippen molar-refractivity contribution in [3.8, 4) is 17.2 Å². The van der Waals surface area contributed by atoms with Crippen molar-refractivity contribution in [3.63, 3.8) is 0 Å². The third-order valence-corrected chi connectivity index (χ3v) is 4.27. The van der Waals surface area contributed by atoms with Crippen molar-refractivity contribution in [2.24, 2.45) is 0 Å². The Bertz CT molecular complexity index is 746. The number of hydrogen-bond donors (Lipinski definition) is 1. The van der Waals surface area contributed by atoms with Crippen LogP contribution in [0.25, 0.3) is 11.5 Å². The van der Waals surface area contributed by atoms with Gasteiger partial charge in [-0.15, -0.1) is 11.8 Å². The van der Waals surface area contributed by atoms with Crippen LogP contribution >= 0.6 is 27.7 Å². The lowest BCUT2D eigenvalue weighted by Crippen LogP contribution is -1.84. The van der Waals surface area contributed by atoms with Crippen LogP contribution in [0.2, 0.25) is 0 Å². The molecule has 0 spiro atoms. The van der Waals surface area contributed by atoms with E-state index in [0.29, 0.717) is 23.0 Å². The van der Waals surface area contributed by atoms with Gasteiger partial charge in [0.05, 0.1) is 11.3 Å². The zero-order chi connectivity index (χ0) is 14.7. The number of phenols is 1. The van der Waals surface area contributed by atoms with Gasteiger partial charge in [-0.05, 0) is 30.3 Å². The van der Waals surface area contributed by atoms with Gasteiger partial charge in [0.1, 0.15) is 5.75 Å². The van der Waals surface area contributed by atoms with Crippen LogP contribution in [-0.2, 0) is 5.75 Å². The number of rotatable bonds is 4. The standard InChI is InChI=1S/C15H11BrN2O2S/c16-10-6-7-12(13(19)8-10)15-17-14(18-20-15)9-21-11-4-2-1-3-5-11/h1-8,19H,9H2. The van der Waals surface area contributed by atoms with Crippen molar-refractivity contribution < 1.29 is 9.63 Å². The van der Waals surface area contributed by atoms with Crippen molar-refractivity contribution in [1.82, 2.24) is 10.1 Å². The highest BCUT2D eigenvalue weighted by molar-refractivity contribution is 9.10. The predicted molar refractivity (Wildman–Crippen MR) is 85.1 cm³/mol. The molecule has 0 radical (unpaired) electrons. The summed E-state index contributed by atoms with van der Waals surface area (Å²) in [5.41, 5.74) is 0.529. The van der Waals surface area contributed by atoms with Gasteiger partial charge >= 0.3 is 0 Å². The summed E-state index contributed by atoms with van der Waals surface area (Å²) >= 11 is 4.93. The van der Waals surface area contributed by atoms with Gasteiger partial charge in [0.2, 0.25) is 0 Å². The second-order valence-corrected chi connectivity index (χ2v) is 6.24. The molecule has 0 aliphatic rings. The molecule has 3 rings (SSSR count). The van der Waals surface area contributed by atoms with Crippen molar-refractivity contribution in [2.45, 2.75) is 10.6 Å². The maximum atomic E-state index is 9.90. The largest absolute Gasteiger partial charge is 0.507 e. The van der Waals surface area contributed by atoms with Crippen LogP contribution in [0.1, 0.15) is 5.82 Å². The average Bonchev–Trinajstić information content (AvgIpc) is 2.95. The molecule has 4 nitrogen and oxygen atoms in total. The minimum absolute atomic E-state index is 0.107. The van der Waals surface area contributed by atoms with E-state index in [1.54, 1.807) is 23.9 Å². The lowest BCUT2D eigenvalue weighted by atomic mass is 10.2. The second-order valence-electron chi connectivity index (χ2n) is 4.28. The Balaban J connectivity index is 1.74. The molecule has 106 valence electrons. The van der Waals surface area contributed by atoms with Crippen LogP contribution in [0.5, 0.6) is 5.75 Å². The highest BCUT2D eigenvalue weighted by Gasteiger charge is 2.13. The highest BCUT2D eigenvalue weighted by Crippen LogP contribution is 2.31. The third kappa shape index (κ3) is 3.46. The molecule has 0 aliphatic heterocycles. The quantitative estimate of drug-likeness (QED) is 0.692. The zero-order valence-electron chi connectivity index (χ0n) is 10.9. The van der Waals surface area contributed by atoms with E-state index in [1.165, 1.54) is 0 Å². The molecule has 0 amide bonds. The molecule has 0 fully saturated rings. The van der Waals surface area contributed by atoms with Crippen LogP contribution in [-0.4, -0.2) is 15.2 Å². The number of benzene rings is 2. The summed E-state index contributed by atoms with van der Waals surface area (Å²) in [6.45, 7) is 0. The smallest absolute Gasteiger partial charge is 0.261 e. The highest BCUT2D eigenvalue weighted by atomic mass is 79.9. The number of halogens is 1. The topological polar surface area (TPSA) is 59.2 Å². The Hall–Kier alpha value is -1.79. The van der Waals surface area contributed by atoms with Gasteiger partial charge in [-0.3, -0.25) is 0 Å². The summed E-state index contributed by atoms with van der Waals surface area (Å²) < 4.78 is 6.00. The predicted octanol–water partition coefficient (Wildman–Crippen LogP) is 4.50. The number of thioether (sulfide) groups is 1. The zero-order valence-corrected chi connectivity index (χ0v) is 13.3. The van der Waals surface area contributed by atoms with E-state index in [2.05, 4.69) is 26.1 Å². The number of hydrogen-bond acceptors (Lipinski definition) is 5. The van der Waals surface area contributed by atoms with Crippen molar-refractivity contribution in [2.75, 3.05) is 0 Å². The van der Waals surface area contributed by atoms with Crippen LogP contribution in [0.4, 0.5) is 0 Å². The van der Waals surface area contributed by atoms with Crippen molar-refractivity contribution in [1.29, 1.82) is 0 Å². The van der Waals surface area contributed by atoms with E-state index >= 15 is 0 Å². The molecule has 0 atom stereocenters. The van der Waals surface area contributed by atoms with E-state index in [4.69, 9.17) is 4.52 Å². The lowest BCUT2D eigenvalue weighted by Gasteiger charge is -1.99. The van der Waals surface area contributed by atoms with Gasteiger partial charge in [-0.25, -0.2) is 0 Å². The fourth-order valence-electron chi connectivity index (χ4n) is 1.77. The van der Waals surface area contributed by atoms with Crippen molar-refractivity contribution >= 4 is 27.7 Å². The first-order chi connectivity index (χ1) is 10.2. The molecule has 3 aromatic rings. The monoisotopic (exact) mass is 362 g/mol. The van der Waals surface area contributed by atoms with E-state index in [9.17, 15) is 5.11 Å². The van der Waals surface area contributed by atoms with Gasteiger partial charge < -0.3 is 9.63 Å². The fraction of sp³-hybridized carbons (Fsp3) is 0.0667. The van der Waals surface area contributed by atoms with Gasteiger partial charge in [-0.1, -0.05) is 39.3 Å². The molecule has 6 heteroatoms. The number of phenolic OH excluding ortho intramolecular Hbond substituents is 1. The van der Waals surface area contributed by atoms with Crippen LogP contribution in [0, 0.1) is 0 Å². The van der Waals surface area contributed by atoms with E-state index in [1.807, 2.05) is 36.4 Å². The Labute approximate surface area is 134 Å². The average molecular weight is 363 g/mol. The number of nitrogens with zero attached hydrogens (tertiary/aromatic N) is 2. The molecule has 0 unspecified atom stereocenters. The summed E-state index contributed by atoms with van der Waals surface area (Å²) in [6, 6.07) is 15.2. The number of aromatic nitrogens is 2. The van der Waals surface area contributed by atoms with Gasteiger partial charge in [0.25, 0.3) is 5.89 Å². The molecule has 1 heterocycles. The minimum Gasteiger partial charge on any atom is -0.507 e. The summed E-state index contributed by atoms with van der Waals surface area (Å²) in [4.78, 5) is 5.46. The van der Waals surface area contributed by atoms with Crippen LogP contribution in [0.3, 0.4) is 0 Å². The molecule has 2 aromatic carbocycles. The molecule has 1 aromatic heterocycles. The molecule has 1 N–H and O–H groups in total. The first kappa shape index (κ1) is 14.2. The van der Waals surface area contributed by atoms with Crippen LogP contribution in [0.15, 0.2) is 62.4 Å².